The number of anilines is 3. The second-order valence-electron chi connectivity index (χ2n) is 11.0. The second kappa shape index (κ2) is 8.81. The number of fused-ring (bicyclic) bond motifs is 3. The average molecular weight is 474 g/mol. The van der Waals surface area contributed by atoms with E-state index in [2.05, 4.69) is 43.7 Å². The van der Waals surface area contributed by atoms with Gasteiger partial charge in [0.25, 0.3) is 0 Å². The van der Waals surface area contributed by atoms with Crippen molar-refractivity contribution in [1.29, 1.82) is 0 Å². The van der Waals surface area contributed by atoms with Crippen molar-refractivity contribution in [2.75, 3.05) is 10.6 Å². The lowest BCUT2D eigenvalue weighted by molar-refractivity contribution is -0.151. The lowest BCUT2D eigenvalue weighted by atomic mass is 9.78. The number of hydrogen-bond acceptors (Lipinski definition) is 6. The molecule has 1 unspecified atom stereocenters. The maximum Gasteiger partial charge on any atom is 0.229 e. The summed E-state index contributed by atoms with van der Waals surface area (Å²) in [5.41, 5.74) is 1.73. The van der Waals surface area contributed by atoms with Crippen LogP contribution in [0.1, 0.15) is 70.4 Å². The van der Waals surface area contributed by atoms with Gasteiger partial charge in [-0.25, -0.2) is 4.98 Å². The molecule has 6 rings (SSSR count). The number of piperidine rings is 2. The monoisotopic (exact) mass is 473 g/mol. The summed E-state index contributed by atoms with van der Waals surface area (Å²) in [4.78, 5) is 25.5. The molecule has 2 saturated heterocycles. The Labute approximate surface area is 206 Å². The largest absolute Gasteiger partial charge is 0.367 e. The van der Waals surface area contributed by atoms with Crippen molar-refractivity contribution in [2.24, 2.45) is 5.41 Å². The van der Waals surface area contributed by atoms with Crippen molar-refractivity contribution >= 4 is 34.3 Å². The van der Waals surface area contributed by atoms with Gasteiger partial charge in [-0.2, -0.15) is 5.10 Å². The van der Waals surface area contributed by atoms with Crippen molar-refractivity contribution in [2.45, 2.75) is 89.8 Å². The van der Waals surface area contributed by atoms with Gasteiger partial charge in [0, 0.05) is 53.0 Å². The van der Waals surface area contributed by atoms with Gasteiger partial charge in [0.1, 0.15) is 11.6 Å². The van der Waals surface area contributed by atoms with E-state index in [1.165, 1.54) is 19.3 Å². The van der Waals surface area contributed by atoms with E-state index in [1.807, 2.05) is 31.3 Å². The summed E-state index contributed by atoms with van der Waals surface area (Å²) >= 11 is 0. The number of carbonyl (C=O) groups excluding carboxylic acids is 1. The third-order valence-electron chi connectivity index (χ3n) is 8.33. The molecule has 3 fully saturated rings. The maximum atomic E-state index is 13.7. The number of rotatable bonds is 5. The van der Waals surface area contributed by atoms with Crippen LogP contribution in [0.2, 0.25) is 0 Å². The van der Waals surface area contributed by atoms with E-state index in [0.717, 1.165) is 66.8 Å². The molecule has 0 radical (unpaired) electrons. The summed E-state index contributed by atoms with van der Waals surface area (Å²) in [6.45, 7) is 4.17. The van der Waals surface area contributed by atoms with Crippen LogP contribution >= 0.6 is 0 Å². The number of aromatic nitrogens is 4. The van der Waals surface area contributed by atoms with Crippen molar-refractivity contribution in [3.05, 3.63) is 36.2 Å². The van der Waals surface area contributed by atoms with Gasteiger partial charge in [0.15, 0.2) is 5.82 Å². The van der Waals surface area contributed by atoms with E-state index in [4.69, 9.17) is 4.98 Å². The second-order valence-corrected chi connectivity index (χ2v) is 11.0. The Hall–Kier alpha value is -3.16. The number of pyridine rings is 2. The minimum absolute atomic E-state index is 0.151. The normalized spacial score (nSPS) is 25.5. The van der Waals surface area contributed by atoms with E-state index in [9.17, 15) is 4.79 Å². The molecule has 3 N–H and O–H groups in total. The van der Waals surface area contributed by atoms with Gasteiger partial charge in [-0.3, -0.25) is 14.9 Å². The van der Waals surface area contributed by atoms with Crippen molar-refractivity contribution in [3.63, 3.8) is 0 Å². The molecule has 1 amide bonds. The molecule has 0 aromatic carbocycles. The molecule has 2 bridgehead atoms. The van der Waals surface area contributed by atoms with E-state index in [1.54, 1.807) is 0 Å². The van der Waals surface area contributed by atoms with Crippen molar-refractivity contribution in [1.82, 2.24) is 25.1 Å². The predicted octanol–water partition coefficient (Wildman–Crippen LogP) is 5.31. The van der Waals surface area contributed by atoms with Crippen LogP contribution in [-0.2, 0) is 4.79 Å². The van der Waals surface area contributed by atoms with Gasteiger partial charge in [-0.15, -0.1) is 0 Å². The molecule has 184 valence electrons. The van der Waals surface area contributed by atoms with Crippen molar-refractivity contribution < 1.29 is 4.79 Å². The third-order valence-corrected chi connectivity index (χ3v) is 8.33. The van der Waals surface area contributed by atoms with Crippen LogP contribution in [0.4, 0.5) is 17.5 Å². The highest BCUT2D eigenvalue weighted by molar-refractivity contribution is 5.91. The zero-order chi connectivity index (χ0) is 24.0. The van der Waals surface area contributed by atoms with Crippen LogP contribution in [-0.4, -0.2) is 49.1 Å². The standard InChI is InChI=1S/C27H35N7O/c1-17-13-24(33-32-17)30-23-16-22-21(9-6-12-28-22)25(31-23)29-18-14-19-7-5-8-20(15-18)34(19)26(35)27(2)10-3-4-11-27/h6,9,12-13,16,18-20H,3-5,7-8,10-11,14-15H2,1-2H3,(H3,29,30,31,32,33)/t18?,19-,20+. The topological polar surface area (TPSA) is 98.8 Å². The first-order chi connectivity index (χ1) is 17.0. The Balaban J connectivity index is 1.24. The first-order valence-electron chi connectivity index (χ1n) is 13.1. The molecule has 35 heavy (non-hydrogen) atoms. The molecule has 3 atom stereocenters. The van der Waals surface area contributed by atoms with Gasteiger partial charge in [-0.05, 0) is 64.0 Å². The van der Waals surface area contributed by atoms with Gasteiger partial charge < -0.3 is 15.5 Å². The van der Waals surface area contributed by atoms with E-state index in [0.29, 0.717) is 23.8 Å². The SMILES string of the molecule is Cc1cc(Nc2cc3ncccc3c(NC3C[C@H]4CCC[C@@H](C3)N4C(=O)C3(C)CCCC3)n2)n[nH]1. The third kappa shape index (κ3) is 4.23. The predicted molar refractivity (Wildman–Crippen MR) is 138 cm³/mol. The van der Waals surface area contributed by atoms with E-state index < -0.39 is 0 Å². The maximum absolute atomic E-state index is 13.7. The molecule has 5 heterocycles. The summed E-state index contributed by atoms with van der Waals surface area (Å²) < 4.78 is 0. The minimum atomic E-state index is -0.151. The molecule has 1 saturated carbocycles. The van der Waals surface area contributed by atoms with Crippen LogP contribution in [0.25, 0.3) is 10.9 Å². The number of amides is 1. The molecule has 1 aliphatic carbocycles. The fourth-order valence-corrected chi connectivity index (χ4v) is 6.57. The van der Waals surface area contributed by atoms with Crippen LogP contribution in [0, 0.1) is 12.3 Å². The van der Waals surface area contributed by atoms with E-state index >= 15 is 0 Å². The Kier molecular flexibility index (Phi) is 5.61. The first-order valence-corrected chi connectivity index (χ1v) is 13.1. The quantitative estimate of drug-likeness (QED) is 0.465. The van der Waals surface area contributed by atoms with Gasteiger partial charge in [0.2, 0.25) is 5.91 Å². The smallest absolute Gasteiger partial charge is 0.229 e. The summed E-state index contributed by atoms with van der Waals surface area (Å²) in [6.07, 6.45) is 11.6. The van der Waals surface area contributed by atoms with E-state index in [-0.39, 0.29) is 11.5 Å². The Bertz CT molecular complexity index is 1220. The zero-order valence-corrected chi connectivity index (χ0v) is 20.7. The summed E-state index contributed by atoms with van der Waals surface area (Å²) in [5, 5.41) is 15.3. The fourth-order valence-electron chi connectivity index (χ4n) is 6.57. The number of nitrogens with one attached hydrogen (secondary N) is 3. The fraction of sp³-hybridized carbons (Fsp3) is 0.556. The molecule has 3 aromatic rings. The minimum Gasteiger partial charge on any atom is -0.367 e. The highest BCUT2D eigenvalue weighted by atomic mass is 16.2. The van der Waals surface area contributed by atoms with Gasteiger partial charge in [0.05, 0.1) is 5.52 Å². The molecule has 8 nitrogen and oxygen atoms in total. The molecule has 2 aliphatic heterocycles. The molecular formula is C27H35N7O. The van der Waals surface area contributed by atoms with Gasteiger partial charge in [-0.1, -0.05) is 19.8 Å². The number of aryl methyl sites for hydroxylation is 1. The molecule has 3 aliphatic rings. The Morgan fingerprint density at radius 1 is 1.11 bits per heavy atom. The van der Waals surface area contributed by atoms with Crippen LogP contribution < -0.4 is 10.6 Å². The number of nitrogens with zero attached hydrogens (tertiary/aromatic N) is 4. The summed E-state index contributed by atoms with van der Waals surface area (Å²) in [7, 11) is 0. The average Bonchev–Trinajstić information content (AvgIpc) is 3.47. The van der Waals surface area contributed by atoms with Crippen LogP contribution in [0.15, 0.2) is 30.5 Å². The van der Waals surface area contributed by atoms with Crippen LogP contribution in [0.5, 0.6) is 0 Å². The molecule has 3 aromatic heterocycles. The lowest BCUT2D eigenvalue weighted by Crippen LogP contribution is -2.59. The first kappa shape index (κ1) is 22.3. The Morgan fingerprint density at radius 3 is 2.60 bits per heavy atom. The highest BCUT2D eigenvalue weighted by Crippen LogP contribution is 2.44. The number of hydrogen-bond donors (Lipinski definition) is 3. The number of aromatic amines is 1. The zero-order valence-electron chi connectivity index (χ0n) is 20.7. The lowest BCUT2D eigenvalue weighted by Gasteiger charge is -2.51. The summed E-state index contributed by atoms with van der Waals surface area (Å²) in [6, 6.07) is 8.87. The molecular weight excluding hydrogens is 438 g/mol. The van der Waals surface area contributed by atoms with Crippen LogP contribution in [0.3, 0.4) is 0 Å². The highest BCUT2D eigenvalue weighted by Gasteiger charge is 2.47. The molecule has 0 spiro atoms. The van der Waals surface area contributed by atoms with Crippen molar-refractivity contribution in [3.8, 4) is 0 Å². The molecule has 8 heteroatoms. The summed E-state index contributed by atoms with van der Waals surface area (Å²) in [5.74, 6) is 2.71. The van der Waals surface area contributed by atoms with Gasteiger partial charge >= 0.3 is 0 Å². The number of H-pyrrole nitrogens is 1. The number of carbonyl (C=O) groups is 1. The Morgan fingerprint density at radius 2 is 1.89 bits per heavy atom.